The second-order valence-electron chi connectivity index (χ2n) is 4.24. The zero-order valence-electron chi connectivity index (χ0n) is 11.8. The highest BCUT2D eigenvalue weighted by molar-refractivity contribution is 7.98. The van der Waals surface area contributed by atoms with E-state index in [1.807, 2.05) is 31.9 Å². The molecule has 0 aliphatic carbocycles. The molecular formula is C13H22ClN3S2. The van der Waals surface area contributed by atoms with Gasteiger partial charge in [0.05, 0.1) is 10.9 Å². The lowest BCUT2D eigenvalue weighted by Crippen LogP contribution is -2.38. The van der Waals surface area contributed by atoms with Gasteiger partial charge in [0.1, 0.15) is 0 Å². The molecule has 1 aromatic heterocycles. The lowest BCUT2D eigenvalue weighted by atomic mass is 10.3. The van der Waals surface area contributed by atoms with E-state index in [1.54, 1.807) is 11.3 Å². The summed E-state index contributed by atoms with van der Waals surface area (Å²) in [5.41, 5.74) is 0. The standard InChI is InChI=1S/C13H22ClN3S2/c1-15-13(16-8-4-5-9-18-3)17(2)10-11-6-7-12(14)19-11/h6-7H,4-5,8-10H2,1-3H3,(H,15,16). The van der Waals surface area contributed by atoms with E-state index in [1.165, 1.54) is 23.5 Å². The fraction of sp³-hybridized carbons (Fsp3) is 0.615. The Labute approximate surface area is 129 Å². The van der Waals surface area contributed by atoms with E-state index in [2.05, 4.69) is 27.5 Å². The van der Waals surface area contributed by atoms with E-state index < -0.39 is 0 Å². The Morgan fingerprint density at radius 3 is 2.84 bits per heavy atom. The first kappa shape index (κ1) is 16.7. The first-order valence-corrected chi connectivity index (χ1v) is 8.91. The van der Waals surface area contributed by atoms with Crippen LogP contribution in [-0.2, 0) is 6.54 Å². The van der Waals surface area contributed by atoms with Crippen molar-refractivity contribution in [2.75, 3.05) is 32.6 Å². The first-order valence-electron chi connectivity index (χ1n) is 6.32. The van der Waals surface area contributed by atoms with E-state index in [9.17, 15) is 0 Å². The molecule has 0 fully saturated rings. The summed E-state index contributed by atoms with van der Waals surface area (Å²) in [7, 11) is 3.87. The fourth-order valence-electron chi connectivity index (χ4n) is 1.70. The molecule has 1 rings (SSSR count). The van der Waals surface area contributed by atoms with Gasteiger partial charge < -0.3 is 10.2 Å². The smallest absolute Gasteiger partial charge is 0.193 e. The molecule has 0 radical (unpaired) electrons. The normalized spacial score (nSPS) is 11.7. The molecule has 108 valence electrons. The highest BCUT2D eigenvalue weighted by atomic mass is 35.5. The minimum Gasteiger partial charge on any atom is -0.356 e. The second kappa shape index (κ2) is 9.50. The minimum absolute atomic E-state index is 0.835. The highest BCUT2D eigenvalue weighted by Gasteiger charge is 2.07. The molecule has 0 atom stereocenters. The maximum absolute atomic E-state index is 5.94. The van der Waals surface area contributed by atoms with Crippen LogP contribution in [0.2, 0.25) is 4.34 Å². The zero-order chi connectivity index (χ0) is 14.1. The summed E-state index contributed by atoms with van der Waals surface area (Å²) in [5.74, 6) is 2.16. The molecule has 0 saturated heterocycles. The van der Waals surface area contributed by atoms with Crippen LogP contribution < -0.4 is 5.32 Å². The Bertz CT molecular complexity index is 393. The summed E-state index contributed by atoms with van der Waals surface area (Å²) in [6.07, 6.45) is 4.57. The van der Waals surface area contributed by atoms with Crippen LogP contribution in [0.4, 0.5) is 0 Å². The van der Waals surface area contributed by atoms with Crippen LogP contribution in [0.15, 0.2) is 17.1 Å². The molecule has 19 heavy (non-hydrogen) atoms. The van der Waals surface area contributed by atoms with Crippen LogP contribution >= 0.6 is 34.7 Å². The number of hydrogen-bond donors (Lipinski definition) is 1. The van der Waals surface area contributed by atoms with Crippen molar-refractivity contribution in [3.05, 3.63) is 21.3 Å². The summed E-state index contributed by atoms with van der Waals surface area (Å²) >= 11 is 9.46. The molecule has 0 spiro atoms. The van der Waals surface area contributed by atoms with Crippen molar-refractivity contribution in [1.29, 1.82) is 0 Å². The van der Waals surface area contributed by atoms with Gasteiger partial charge in [0.25, 0.3) is 0 Å². The number of thioether (sulfide) groups is 1. The SMILES string of the molecule is CN=C(NCCCCSC)N(C)Cc1ccc(Cl)s1. The second-order valence-corrected chi connectivity index (χ2v) is 7.02. The summed E-state index contributed by atoms with van der Waals surface area (Å²) in [4.78, 5) is 7.68. The number of hydrogen-bond acceptors (Lipinski definition) is 3. The molecule has 1 aromatic rings. The lowest BCUT2D eigenvalue weighted by Gasteiger charge is -2.21. The predicted molar refractivity (Wildman–Crippen MR) is 89.8 cm³/mol. The van der Waals surface area contributed by atoms with Gasteiger partial charge in [-0.25, -0.2) is 0 Å². The van der Waals surface area contributed by atoms with Crippen LogP contribution in [0.1, 0.15) is 17.7 Å². The van der Waals surface area contributed by atoms with Crippen molar-refractivity contribution in [1.82, 2.24) is 10.2 Å². The maximum Gasteiger partial charge on any atom is 0.193 e. The number of thiophene rings is 1. The van der Waals surface area contributed by atoms with Crippen molar-refractivity contribution in [2.24, 2.45) is 4.99 Å². The van der Waals surface area contributed by atoms with Crippen LogP contribution in [0.3, 0.4) is 0 Å². The Balaban J connectivity index is 2.33. The van der Waals surface area contributed by atoms with Crippen molar-refractivity contribution in [2.45, 2.75) is 19.4 Å². The zero-order valence-corrected chi connectivity index (χ0v) is 14.2. The third-order valence-electron chi connectivity index (χ3n) is 2.65. The molecule has 3 nitrogen and oxygen atoms in total. The molecule has 0 aromatic carbocycles. The number of halogens is 1. The molecule has 1 heterocycles. The Morgan fingerprint density at radius 1 is 1.47 bits per heavy atom. The van der Waals surface area contributed by atoms with E-state index in [4.69, 9.17) is 11.6 Å². The van der Waals surface area contributed by atoms with E-state index in [-0.39, 0.29) is 0 Å². The molecule has 0 saturated carbocycles. The van der Waals surface area contributed by atoms with Crippen molar-refractivity contribution in [3.63, 3.8) is 0 Å². The molecule has 0 bridgehead atoms. The topological polar surface area (TPSA) is 27.6 Å². The third-order valence-corrected chi connectivity index (χ3v) is 4.57. The van der Waals surface area contributed by atoms with Gasteiger partial charge >= 0.3 is 0 Å². The Morgan fingerprint density at radius 2 is 2.26 bits per heavy atom. The third kappa shape index (κ3) is 6.54. The van der Waals surface area contributed by atoms with Gasteiger partial charge in [0.2, 0.25) is 0 Å². The number of nitrogens with one attached hydrogen (secondary N) is 1. The number of rotatable bonds is 7. The average molecular weight is 320 g/mol. The van der Waals surface area contributed by atoms with Gasteiger partial charge in [-0.15, -0.1) is 11.3 Å². The van der Waals surface area contributed by atoms with Crippen LogP contribution in [0.5, 0.6) is 0 Å². The minimum atomic E-state index is 0.835. The monoisotopic (exact) mass is 319 g/mol. The van der Waals surface area contributed by atoms with Gasteiger partial charge in [-0.3, -0.25) is 4.99 Å². The fourth-order valence-corrected chi connectivity index (χ4v) is 3.34. The van der Waals surface area contributed by atoms with E-state index >= 15 is 0 Å². The van der Waals surface area contributed by atoms with Gasteiger partial charge in [-0.2, -0.15) is 11.8 Å². The number of aliphatic imine (C=N–C) groups is 1. The summed E-state index contributed by atoms with van der Waals surface area (Å²) < 4.78 is 0.836. The number of guanidine groups is 1. The molecule has 0 unspecified atom stereocenters. The van der Waals surface area contributed by atoms with Crippen LogP contribution in [-0.4, -0.2) is 43.5 Å². The van der Waals surface area contributed by atoms with Gasteiger partial charge in [0.15, 0.2) is 5.96 Å². The Hall–Kier alpha value is -0.390. The van der Waals surface area contributed by atoms with E-state index in [0.29, 0.717) is 0 Å². The van der Waals surface area contributed by atoms with E-state index in [0.717, 1.165) is 23.4 Å². The first-order chi connectivity index (χ1) is 9.17. The largest absolute Gasteiger partial charge is 0.356 e. The molecule has 0 amide bonds. The summed E-state index contributed by atoms with van der Waals surface area (Å²) in [5, 5.41) is 3.39. The maximum atomic E-state index is 5.94. The number of unbranched alkanes of at least 4 members (excludes halogenated alkanes) is 1. The Kier molecular flexibility index (Phi) is 8.34. The molecule has 6 heteroatoms. The predicted octanol–water partition coefficient (Wildman–Crippen LogP) is 3.55. The van der Waals surface area contributed by atoms with Crippen molar-refractivity contribution in [3.8, 4) is 0 Å². The summed E-state index contributed by atoms with van der Waals surface area (Å²) in [6.45, 7) is 1.81. The molecule has 0 aliphatic heterocycles. The molecular weight excluding hydrogens is 298 g/mol. The number of nitrogens with zero attached hydrogens (tertiary/aromatic N) is 2. The van der Waals surface area contributed by atoms with Crippen LogP contribution in [0.25, 0.3) is 0 Å². The van der Waals surface area contributed by atoms with Crippen LogP contribution in [0, 0.1) is 0 Å². The van der Waals surface area contributed by atoms with Gasteiger partial charge in [-0.05, 0) is 37.0 Å². The van der Waals surface area contributed by atoms with Gasteiger partial charge in [0, 0.05) is 25.5 Å². The summed E-state index contributed by atoms with van der Waals surface area (Å²) in [6, 6.07) is 4.00. The quantitative estimate of drug-likeness (QED) is 0.473. The van der Waals surface area contributed by atoms with Crippen molar-refractivity contribution < 1.29 is 0 Å². The lowest BCUT2D eigenvalue weighted by molar-refractivity contribution is 0.480. The van der Waals surface area contributed by atoms with Crippen molar-refractivity contribution >= 4 is 40.7 Å². The highest BCUT2D eigenvalue weighted by Crippen LogP contribution is 2.22. The molecule has 1 N–H and O–H groups in total. The average Bonchev–Trinajstić information content (AvgIpc) is 2.79. The van der Waals surface area contributed by atoms with Gasteiger partial charge in [-0.1, -0.05) is 11.6 Å². The molecule has 0 aliphatic rings.